The first-order valence-corrected chi connectivity index (χ1v) is 8.70. The van der Waals surface area contributed by atoms with Gasteiger partial charge in [0.1, 0.15) is 12.1 Å². The Hall–Kier alpha value is -2.64. The van der Waals surface area contributed by atoms with Crippen molar-refractivity contribution >= 4 is 17.9 Å². The lowest BCUT2D eigenvalue weighted by molar-refractivity contribution is -0.131. The van der Waals surface area contributed by atoms with Gasteiger partial charge >= 0.3 is 6.09 Å². The lowest BCUT2D eigenvalue weighted by Crippen LogP contribution is -2.49. The number of pyridine rings is 1. The van der Waals surface area contributed by atoms with Crippen molar-refractivity contribution in [3.8, 4) is 0 Å². The molecule has 1 aliphatic rings. The summed E-state index contributed by atoms with van der Waals surface area (Å²) in [7, 11) is 0. The van der Waals surface area contributed by atoms with Crippen LogP contribution in [0.5, 0.6) is 0 Å². The molecule has 8 nitrogen and oxygen atoms in total. The second-order valence-corrected chi connectivity index (χ2v) is 7.22. The van der Waals surface area contributed by atoms with E-state index in [0.29, 0.717) is 31.5 Å². The number of ether oxygens (including phenoxy) is 1. The SMILES string of the molecule is CC(C)(C)OC(=O)NCC(=O)N1CCC(NC(=O)c2ccncc2)CC1. The molecule has 1 saturated heterocycles. The van der Waals surface area contributed by atoms with Crippen LogP contribution in [-0.2, 0) is 9.53 Å². The molecule has 0 spiro atoms. The van der Waals surface area contributed by atoms with E-state index in [1.807, 2.05) is 0 Å². The van der Waals surface area contributed by atoms with Gasteiger partial charge in [0.25, 0.3) is 5.91 Å². The van der Waals surface area contributed by atoms with Crippen LogP contribution in [-0.4, -0.2) is 59.1 Å². The van der Waals surface area contributed by atoms with Crippen LogP contribution in [0.3, 0.4) is 0 Å². The van der Waals surface area contributed by atoms with Gasteiger partial charge in [-0.1, -0.05) is 0 Å². The number of amides is 3. The standard InChI is InChI=1S/C18H26N4O4/c1-18(2,3)26-17(25)20-12-15(23)22-10-6-14(7-11-22)21-16(24)13-4-8-19-9-5-13/h4-5,8-9,14H,6-7,10-12H2,1-3H3,(H,20,25)(H,21,24). The van der Waals surface area contributed by atoms with E-state index in [1.165, 1.54) is 0 Å². The highest BCUT2D eigenvalue weighted by Gasteiger charge is 2.25. The molecule has 1 aliphatic heterocycles. The molecule has 3 amide bonds. The van der Waals surface area contributed by atoms with Crippen molar-refractivity contribution in [1.82, 2.24) is 20.5 Å². The molecule has 0 aliphatic carbocycles. The predicted octanol–water partition coefficient (Wildman–Crippen LogP) is 1.33. The molecule has 1 aromatic rings. The lowest BCUT2D eigenvalue weighted by Gasteiger charge is -2.32. The summed E-state index contributed by atoms with van der Waals surface area (Å²) in [5.74, 6) is -0.293. The van der Waals surface area contributed by atoms with Crippen LogP contribution in [0.25, 0.3) is 0 Å². The number of rotatable bonds is 4. The molecular weight excluding hydrogens is 336 g/mol. The van der Waals surface area contributed by atoms with Gasteiger partial charge in [0.2, 0.25) is 5.91 Å². The molecule has 0 aromatic carbocycles. The average molecular weight is 362 g/mol. The molecule has 0 atom stereocenters. The Kier molecular flexibility index (Phi) is 6.54. The van der Waals surface area contributed by atoms with E-state index in [4.69, 9.17) is 4.74 Å². The summed E-state index contributed by atoms with van der Waals surface area (Å²) >= 11 is 0. The van der Waals surface area contributed by atoms with E-state index >= 15 is 0 Å². The molecule has 0 saturated carbocycles. The van der Waals surface area contributed by atoms with E-state index in [-0.39, 0.29) is 24.4 Å². The monoisotopic (exact) mass is 362 g/mol. The number of hydrogen-bond donors (Lipinski definition) is 2. The molecule has 2 heterocycles. The van der Waals surface area contributed by atoms with Crippen molar-refractivity contribution in [1.29, 1.82) is 0 Å². The molecule has 26 heavy (non-hydrogen) atoms. The second kappa shape index (κ2) is 8.64. The maximum absolute atomic E-state index is 12.2. The highest BCUT2D eigenvalue weighted by Crippen LogP contribution is 2.12. The van der Waals surface area contributed by atoms with Gasteiger partial charge in [-0.05, 0) is 45.7 Å². The van der Waals surface area contributed by atoms with Gasteiger partial charge in [0.05, 0.1) is 0 Å². The molecule has 1 fully saturated rings. The summed E-state index contributed by atoms with van der Waals surface area (Å²) in [6.07, 6.45) is 3.90. The Morgan fingerprint density at radius 2 is 1.81 bits per heavy atom. The minimum atomic E-state index is -0.606. The zero-order valence-electron chi connectivity index (χ0n) is 15.4. The largest absolute Gasteiger partial charge is 0.444 e. The molecule has 0 unspecified atom stereocenters. The van der Waals surface area contributed by atoms with Crippen LogP contribution in [0.1, 0.15) is 44.0 Å². The van der Waals surface area contributed by atoms with E-state index < -0.39 is 11.7 Å². The molecule has 0 bridgehead atoms. The summed E-state index contributed by atoms with van der Waals surface area (Å²) in [5.41, 5.74) is -0.0292. The second-order valence-electron chi connectivity index (χ2n) is 7.22. The Morgan fingerprint density at radius 1 is 1.19 bits per heavy atom. The Balaban J connectivity index is 1.71. The lowest BCUT2D eigenvalue weighted by atomic mass is 10.0. The number of nitrogens with one attached hydrogen (secondary N) is 2. The third-order valence-electron chi connectivity index (χ3n) is 3.91. The van der Waals surface area contributed by atoms with Crippen molar-refractivity contribution < 1.29 is 19.1 Å². The molecule has 8 heteroatoms. The zero-order valence-corrected chi connectivity index (χ0v) is 15.4. The quantitative estimate of drug-likeness (QED) is 0.841. The molecule has 142 valence electrons. The maximum atomic E-state index is 12.2. The number of likely N-dealkylation sites (tertiary alicyclic amines) is 1. The van der Waals surface area contributed by atoms with Crippen LogP contribution in [0.4, 0.5) is 4.79 Å². The van der Waals surface area contributed by atoms with E-state index in [9.17, 15) is 14.4 Å². The number of nitrogens with zero attached hydrogens (tertiary/aromatic N) is 2. The number of carbonyl (C=O) groups is 3. The summed E-state index contributed by atoms with van der Waals surface area (Å²) in [4.78, 5) is 41.5. The first-order valence-electron chi connectivity index (χ1n) is 8.70. The van der Waals surface area contributed by atoms with Gasteiger partial charge in [-0.3, -0.25) is 14.6 Å². The van der Waals surface area contributed by atoms with Crippen LogP contribution in [0, 0.1) is 0 Å². The molecular formula is C18H26N4O4. The average Bonchev–Trinajstić information content (AvgIpc) is 2.59. The first kappa shape index (κ1) is 19.7. The molecule has 0 radical (unpaired) electrons. The fourth-order valence-electron chi connectivity index (χ4n) is 2.62. The van der Waals surface area contributed by atoms with Gasteiger partial charge in [-0.25, -0.2) is 4.79 Å². The highest BCUT2D eigenvalue weighted by atomic mass is 16.6. The van der Waals surface area contributed by atoms with Crippen molar-refractivity contribution in [2.45, 2.75) is 45.3 Å². The van der Waals surface area contributed by atoms with Crippen LogP contribution >= 0.6 is 0 Å². The van der Waals surface area contributed by atoms with E-state index in [1.54, 1.807) is 50.2 Å². The fourth-order valence-corrected chi connectivity index (χ4v) is 2.62. The predicted molar refractivity (Wildman–Crippen MR) is 95.5 cm³/mol. The van der Waals surface area contributed by atoms with Gasteiger partial charge in [0, 0.05) is 37.1 Å². The topological polar surface area (TPSA) is 101 Å². The Bertz CT molecular complexity index is 634. The summed E-state index contributed by atoms with van der Waals surface area (Å²) < 4.78 is 5.11. The molecule has 2 N–H and O–H groups in total. The van der Waals surface area contributed by atoms with Crippen molar-refractivity contribution in [2.75, 3.05) is 19.6 Å². The minimum absolute atomic E-state index is 0.0264. The smallest absolute Gasteiger partial charge is 0.408 e. The third-order valence-corrected chi connectivity index (χ3v) is 3.91. The van der Waals surface area contributed by atoms with Crippen molar-refractivity contribution in [3.05, 3.63) is 30.1 Å². The van der Waals surface area contributed by atoms with Gasteiger partial charge in [-0.2, -0.15) is 0 Å². The summed E-state index contributed by atoms with van der Waals surface area (Å²) in [5, 5.41) is 5.45. The van der Waals surface area contributed by atoms with Crippen LogP contribution < -0.4 is 10.6 Å². The number of hydrogen-bond acceptors (Lipinski definition) is 5. The van der Waals surface area contributed by atoms with Crippen LogP contribution in [0.2, 0.25) is 0 Å². The number of piperidine rings is 1. The fraction of sp³-hybridized carbons (Fsp3) is 0.556. The summed E-state index contributed by atoms with van der Waals surface area (Å²) in [6.45, 7) is 6.27. The minimum Gasteiger partial charge on any atom is -0.444 e. The number of alkyl carbamates (subject to hydrolysis) is 1. The third kappa shape index (κ3) is 6.34. The number of carbonyl (C=O) groups excluding carboxylic acids is 3. The highest BCUT2D eigenvalue weighted by molar-refractivity contribution is 5.94. The first-order chi connectivity index (χ1) is 12.2. The Labute approximate surface area is 153 Å². The van der Waals surface area contributed by atoms with Crippen molar-refractivity contribution in [3.63, 3.8) is 0 Å². The van der Waals surface area contributed by atoms with Crippen LogP contribution in [0.15, 0.2) is 24.5 Å². The number of aromatic nitrogens is 1. The molecule has 2 rings (SSSR count). The summed E-state index contributed by atoms with van der Waals surface area (Å²) in [6, 6.07) is 3.35. The maximum Gasteiger partial charge on any atom is 0.408 e. The van der Waals surface area contributed by atoms with Crippen molar-refractivity contribution in [2.24, 2.45) is 0 Å². The van der Waals surface area contributed by atoms with Gasteiger partial charge in [-0.15, -0.1) is 0 Å². The normalized spacial score (nSPS) is 15.3. The van der Waals surface area contributed by atoms with E-state index in [0.717, 1.165) is 0 Å². The zero-order chi connectivity index (χ0) is 19.2. The Morgan fingerprint density at radius 3 is 2.38 bits per heavy atom. The van der Waals surface area contributed by atoms with E-state index in [2.05, 4.69) is 15.6 Å². The molecule has 1 aromatic heterocycles. The van der Waals surface area contributed by atoms with Gasteiger partial charge < -0.3 is 20.3 Å². The van der Waals surface area contributed by atoms with Gasteiger partial charge in [0.15, 0.2) is 0 Å².